The van der Waals surface area contributed by atoms with Crippen molar-refractivity contribution >= 4 is 34.7 Å². The van der Waals surface area contributed by atoms with Crippen molar-refractivity contribution < 1.29 is 14.3 Å². The zero-order chi connectivity index (χ0) is 18.0. The Morgan fingerprint density at radius 1 is 1.00 bits per heavy atom. The van der Waals surface area contributed by atoms with Crippen LogP contribution < -0.4 is 10.1 Å². The fraction of sp³-hybridized carbons (Fsp3) is 0.158. The number of ether oxygens (including phenoxy) is 1. The van der Waals surface area contributed by atoms with Gasteiger partial charge in [-0.1, -0.05) is 23.7 Å². The Bertz CT molecular complexity index is 842. The molecule has 6 heteroatoms. The standard InChI is InChI=1S/C19H17ClN2O3/c1-3-25-15-10-8-14(9-11-15)21-17-16(18(23)22(2)19(17)24)12-4-6-13(20)7-5-12/h4-11,21H,3H2,1-2H3. The molecule has 0 fully saturated rings. The fourth-order valence-electron chi connectivity index (χ4n) is 2.59. The molecule has 25 heavy (non-hydrogen) atoms. The van der Waals surface area contributed by atoms with E-state index in [1.807, 2.05) is 6.92 Å². The molecule has 1 N–H and O–H groups in total. The Hall–Kier alpha value is -2.79. The number of rotatable bonds is 5. The van der Waals surface area contributed by atoms with Crippen LogP contribution in [0, 0.1) is 0 Å². The highest BCUT2D eigenvalue weighted by Gasteiger charge is 2.36. The summed E-state index contributed by atoms with van der Waals surface area (Å²) in [5.74, 6) is 0.0236. The zero-order valence-corrected chi connectivity index (χ0v) is 14.6. The molecule has 3 rings (SSSR count). The molecule has 2 aromatic carbocycles. The molecule has 1 aliphatic heterocycles. The molecule has 0 saturated heterocycles. The smallest absolute Gasteiger partial charge is 0.277 e. The minimum Gasteiger partial charge on any atom is -0.494 e. The molecule has 128 valence electrons. The molecule has 0 aliphatic carbocycles. The van der Waals surface area contributed by atoms with Gasteiger partial charge in [-0.2, -0.15) is 0 Å². The Morgan fingerprint density at radius 3 is 2.24 bits per heavy atom. The normalized spacial score (nSPS) is 14.3. The number of amides is 2. The summed E-state index contributed by atoms with van der Waals surface area (Å²) in [5.41, 5.74) is 1.92. The van der Waals surface area contributed by atoms with E-state index >= 15 is 0 Å². The summed E-state index contributed by atoms with van der Waals surface area (Å²) in [4.78, 5) is 26.1. The highest BCUT2D eigenvalue weighted by Crippen LogP contribution is 2.30. The van der Waals surface area contributed by atoms with Gasteiger partial charge in [0.05, 0.1) is 12.2 Å². The van der Waals surface area contributed by atoms with E-state index in [0.717, 1.165) is 10.6 Å². The third kappa shape index (κ3) is 3.37. The Morgan fingerprint density at radius 2 is 1.64 bits per heavy atom. The third-order valence-corrected chi connectivity index (χ3v) is 4.11. The molecule has 0 spiro atoms. The maximum Gasteiger partial charge on any atom is 0.277 e. The first-order valence-electron chi connectivity index (χ1n) is 7.83. The second-order valence-corrected chi connectivity index (χ2v) is 5.95. The van der Waals surface area contributed by atoms with Crippen molar-refractivity contribution in [1.29, 1.82) is 0 Å². The minimum absolute atomic E-state index is 0.249. The van der Waals surface area contributed by atoms with Crippen LogP contribution in [0.2, 0.25) is 5.02 Å². The SMILES string of the molecule is CCOc1ccc(NC2=C(c3ccc(Cl)cc3)C(=O)N(C)C2=O)cc1. The van der Waals surface area contributed by atoms with Crippen LogP contribution in [0.3, 0.4) is 0 Å². The number of nitrogens with zero attached hydrogens (tertiary/aromatic N) is 1. The predicted molar refractivity (Wildman–Crippen MR) is 97.4 cm³/mol. The van der Waals surface area contributed by atoms with Gasteiger partial charge in [-0.25, -0.2) is 0 Å². The highest BCUT2D eigenvalue weighted by molar-refractivity contribution is 6.36. The van der Waals surface area contributed by atoms with Gasteiger partial charge in [0.1, 0.15) is 11.4 Å². The van der Waals surface area contributed by atoms with Gasteiger partial charge in [-0.3, -0.25) is 14.5 Å². The number of benzene rings is 2. The lowest BCUT2D eigenvalue weighted by Gasteiger charge is -2.10. The van der Waals surface area contributed by atoms with Crippen LogP contribution in [0.5, 0.6) is 5.75 Å². The molecule has 0 aromatic heterocycles. The van der Waals surface area contributed by atoms with E-state index in [9.17, 15) is 9.59 Å². The number of carbonyl (C=O) groups is 2. The largest absolute Gasteiger partial charge is 0.494 e. The van der Waals surface area contributed by atoms with Crippen molar-refractivity contribution in [3.63, 3.8) is 0 Å². The van der Waals surface area contributed by atoms with Crippen LogP contribution in [0.1, 0.15) is 12.5 Å². The first kappa shape index (κ1) is 17.0. The van der Waals surface area contributed by atoms with Gasteiger partial charge in [0.15, 0.2) is 0 Å². The van der Waals surface area contributed by atoms with Crippen molar-refractivity contribution in [3.8, 4) is 5.75 Å². The van der Waals surface area contributed by atoms with Gasteiger partial charge < -0.3 is 10.1 Å². The van der Waals surface area contributed by atoms with E-state index in [4.69, 9.17) is 16.3 Å². The molecule has 1 aliphatic rings. The monoisotopic (exact) mass is 356 g/mol. The topological polar surface area (TPSA) is 58.6 Å². The molecule has 0 unspecified atom stereocenters. The molecular weight excluding hydrogens is 340 g/mol. The number of anilines is 1. The molecule has 2 amide bonds. The van der Waals surface area contributed by atoms with E-state index in [1.54, 1.807) is 48.5 Å². The fourth-order valence-corrected chi connectivity index (χ4v) is 2.71. The number of hydrogen-bond donors (Lipinski definition) is 1. The maximum absolute atomic E-state index is 12.5. The molecular formula is C19H17ClN2O3. The van der Waals surface area contributed by atoms with Gasteiger partial charge in [0.25, 0.3) is 11.8 Å². The van der Waals surface area contributed by atoms with Gasteiger partial charge in [0, 0.05) is 17.8 Å². The van der Waals surface area contributed by atoms with E-state index in [1.165, 1.54) is 7.05 Å². The summed E-state index contributed by atoms with van der Waals surface area (Å²) in [6.45, 7) is 2.49. The van der Waals surface area contributed by atoms with E-state index in [-0.39, 0.29) is 17.5 Å². The molecule has 0 radical (unpaired) electrons. The van der Waals surface area contributed by atoms with E-state index in [0.29, 0.717) is 28.5 Å². The minimum atomic E-state index is -0.371. The van der Waals surface area contributed by atoms with Crippen molar-refractivity contribution in [3.05, 3.63) is 64.8 Å². The lowest BCUT2D eigenvalue weighted by Crippen LogP contribution is -2.27. The average molecular weight is 357 g/mol. The third-order valence-electron chi connectivity index (χ3n) is 3.85. The summed E-state index contributed by atoms with van der Waals surface area (Å²) in [7, 11) is 1.47. The zero-order valence-electron chi connectivity index (χ0n) is 13.9. The number of nitrogens with one attached hydrogen (secondary N) is 1. The molecule has 0 atom stereocenters. The first-order chi connectivity index (χ1) is 12.0. The number of carbonyl (C=O) groups excluding carboxylic acids is 2. The van der Waals surface area contributed by atoms with Gasteiger partial charge in [-0.15, -0.1) is 0 Å². The lowest BCUT2D eigenvalue weighted by atomic mass is 10.0. The van der Waals surface area contributed by atoms with Crippen LogP contribution in [0.15, 0.2) is 54.2 Å². The maximum atomic E-state index is 12.5. The Kier molecular flexibility index (Phi) is 4.76. The van der Waals surface area contributed by atoms with Crippen LogP contribution >= 0.6 is 11.6 Å². The predicted octanol–water partition coefficient (Wildman–Crippen LogP) is 3.56. The van der Waals surface area contributed by atoms with Crippen molar-refractivity contribution in [2.45, 2.75) is 6.92 Å². The average Bonchev–Trinajstić information content (AvgIpc) is 2.82. The summed E-state index contributed by atoms with van der Waals surface area (Å²) >= 11 is 5.91. The molecule has 0 saturated carbocycles. The second-order valence-electron chi connectivity index (χ2n) is 5.51. The van der Waals surface area contributed by atoms with Crippen molar-refractivity contribution in [2.24, 2.45) is 0 Å². The molecule has 1 heterocycles. The Balaban J connectivity index is 1.97. The van der Waals surface area contributed by atoms with Gasteiger partial charge >= 0.3 is 0 Å². The summed E-state index contributed by atoms with van der Waals surface area (Å²) < 4.78 is 5.41. The number of imide groups is 1. The number of hydrogen-bond acceptors (Lipinski definition) is 4. The quantitative estimate of drug-likeness (QED) is 0.832. The number of halogens is 1. The van der Waals surface area contributed by atoms with Crippen LogP contribution in [0.25, 0.3) is 5.57 Å². The first-order valence-corrected chi connectivity index (χ1v) is 8.21. The highest BCUT2D eigenvalue weighted by atomic mass is 35.5. The molecule has 5 nitrogen and oxygen atoms in total. The summed E-state index contributed by atoms with van der Waals surface area (Å²) in [5, 5.41) is 3.63. The second kappa shape index (κ2) is 6.99. The summed E-state index contributed by atoms with van der Waals surface area (Å²) in [6.07, 6.45) is 0. The molecule has 0 bridgehead atoms. The van der Waals surface area contributed by atoms with E-state index in [2.05, 4.69) is 5.32 Å². The van der Waals surface area contributed by atoms with Crippen molar-refractivity contribution in [2.75, 3.05) is 19.0 Å². The molecule has 2 aromatic rings. The van der Waals surface area contributed by atoms with Crippen LogP contribution in [-0.2, 0) is 9.59 Å². The van der Waals surface area contributed by atoms with Crippen LogP contribution in [0.4, 0.5) is 5.69 Å². The Labute approximate surface area is 150 Å². The lowest BCUT2D eigenvalue weighted by molar-refractivity contribution is -0.135. The van der Waals surface area contributed by atoms with Crippen LogP contribution in [-0.4, -0.2) is 30.4 Å². The number of likely N-dealkylation sites (N-methyl/N-ethyl adjacent to an activating group) is 1. The van der Waals surface area contributed by atoms with Gasteiger partial charge in [-0.05, 0) is 48.9 Å². The van der Waals surface area contributed by atoms with Gasteiger partial charge in [0.2, 0.25) is 0 Å². The van der Waals surface area contributed by atoms with E-state index < -0.39 is 0 Å². The summed E-state index contributed by atoms with van der Waals surface area (Å²) in [6, 6.07) is 14.0. The van der Waals surface area contributed by atoms with Crippen molar-refractivity contribution in [1.82, 2.24) is 4.90 Å².